The van der Waals surface area contributed by atoms with Gasteiger partial charge < -0.3 is 0 Å². The summed E-state index contributed by atoms with van der Waals surface area (Å²) in [6.45, 7) is 11.9. The van der Waals surface area contributed by atoms with Gasteiger partial charge in [0.15, 0.2) is 0 Å². The summed E-state index contributed by atoms with van der Waals surface area (Å²) in [7, 11) is 0. The van der Waals surface area contributed by atoms with Crippen LogP contribution in [0.4, 0.5) is 0 Å². The molecule has 0 bridgehead atoms. The van der Waals surface area contributed by atoms with E-state index in [1.54, 1.807) is 0 Å². The quantitative estimate of drug-likeness (QED) is 0.287. The van der Waals surface area contributed by atoms with Gasteiger partial charge in [0.05, 0.1) is 0 Å². The molecule has 0 saturated heterocycles. The van der Waals surface area contributed by atoms with Gasteiger partial charge in [-0.25, -0.2) is 5.26 Å². The van der Waals surface area contributed by atoms with Gasteiger partial charge in [0.1, 0.15) is 0 Å². The molecule has 4 heteroatoms. The lowest BCUT2D eigenvalue weighted by molar-refractivity contribution is -0.432. The second-order valence-electron chi connectivity index (χ2n) is 8.06. The van der Waals surface area contributed by atoms with Crippen molar-refractivity contribution in [3.05, 3.63) is 0 Å². The molecule has 0 aromatic heterocycles. The molecular weight excluding hydrogens is 296 g/mol. The van der Waals surface area contributed by atoms with Gasteiger partial charge in [-0.3, -0.25) is 0 Å². The first-order chi connectivity index (χ1) is 10.4. The first-order valence-electron chi connectivity index (χ1n) is 9.05. The first-order valence-corrected chi connectivity index (χ1v) is 9.86. The van der Waals surface area contributed by atoms with Gasteiger partial charge in [-0.15, -0.1) is 4.33 Å². The van der Waals surface area contributed by atoms with Gasteiger partial charge >= 0.3 is 0 Å². The Kier molecular flexibility index (Phi) is 10.0. The Morgan fingerprint density at radius 1 is 0.909 bits per heavy atom. The summed E-state index contributed by atoms with van der Waals surface area (Å²) in [6.07, 6.45) is 8.98. The summed E-state index contributed by atoms with van der Waals surface area (Å²) >= 11 is 1.27. The standard InChI is InChI=1S/C18H36O3S/c1-13(2)10-14(3)11-15(4)12-16(5)17-6-8-18(9-7-17)22-21-20-19/h13-19H,6-12H2,1-5H3. The zero-order chi connectivity index (χ0) is 16.5. The number of hydrogen-bond donors (Lipinski definition) is 1. The van der Waals surface area contributed by atoms with E-state index >= 15 is 0 Å². The van der Waals surface area contributed by atoms with Crippen molar-refractivity contribution in [1.29, 1.82) is 0 Å². The molecule has 0 aromatic rings. The molecule has 1 aliphatic carbocycles. The van der Waals surface area contributed by atoms with Crippen molar-refractivity contribution in [3.8, 4) is 0 Å². The summed E-state index contributed by atoms with van der Waals surface area (Å²) < 4.78 is 4.58. The maximum absolute atomic E-state index is 8.22. The van der Waals surface area contributed by atoms with Crippen LogP contribution in [-0.4, -0.2) is 10.5 Å². The molecule has 1 N–H and O–H groups in total. The van der Waals surface area contributed by atoms with Crippen molar-refractivity contribution in [1.82, 2.24) is 0 Å². The highest BCUT2D eigenvalue weighted by atomic mass is 32.2. The summed E-state index contributed by atoms with van der Waals surface area (Å²) in [5, 5.41) is 12.4. The third-order valence-electron chi connectivity index (χ3n) is 5.18. The van der Waals surface area contributed by atoms with Gasteiger partial charge in [-0.05, 0) is 74.5 Å². The minimum absolute atomic E-state index is 0.471. The normalized spacial score (nSPS) is 26.9. The van der Waals surface area contributed by atoms with Crippen LogP contribution in [0, 0.1) is 29.6 Å². The molecule has 1 rings (SSSR count). The van der Waals surface area contributed by atoms with E-state index in [9.17, 15) is 0 Å². The monoisotopic (exact) mass is 332 g/mol. The maximum Gasteiger partial charge on any atom is 0.0380 e. The lowest BCUT2D eigenvalue weighted by Gasteiger charge is -2.33. The second-order valence-corrected chi connectivity index (χ2v) is 9.06. The predicted octanol–water partition coefficient (Wildman–Crippen LogP) is 6.35. The SMILES string of the molecule is CC(C)CC(C)CC(C)CC(C)C1CCC(SOOO)CC1. The van der Waals surface area contributed by atoms with Crippen molar-refractivity contribution in [3.63, 3.8) is 0 Å². The molecule has 3 nitrogen and oxygen atoms in total. The Bertz CT molecular complexity index is 278. The fourth-order valence-corrected chi connectivity index (χ4v) is 4.95. The van der Waals surface area contributed by atoms with Crippen molar-refractivity contribution >= 4 is 12.0 Å². The van der Waals surface area contributed by atoms with E-state index in [4.69, 9.17) is 5.26 Å². The van der Waals surface area contributed by atoms with E-state index < -0.39 is 0 Å². The zero-order valence-electron chi connectivity index (χ0n) is 15.1. The third-order valence-corrected chi connectivity index (χ3v) is 6.07. The van der Waals surface area contributed by atoms with Gasteiger partial charge in [0.25, 0.3) is 0 Å². The zero-order valence-corrected chi connectivity index (χ0v) is 15.9. The molecular formula is C18H36O3S. The molecule has 3 unspecified atom stereocenters. The molecule has 132 valence electrons. The van der Waals surface area contributed by atoms with Gasteiger partial charge in [0.2, 0.25) is 0 Å². The Morgan fingerprint density at radius 2 is 1.50 bits per heavy atom. The van der Waals surface area contributed by atoms with Crippen LogP contribution in [-0.2, 0) is 9.37 Å². The van der Waals surface area contributed by atoms with E-state index in [1.807, 2.05) is 0 Å². The third kappa shape index (κ3) is 8.19. The van der Waals surface area contributed by atoms with Crippen LogP contribution < -0.4 is 0 Å². The molecule has 0 radical (unpaired) electrons. The second kappa shape index (κ2) is 10.9. The fourth-order valence-electron chi connectivity index (χ4n) is 4.34. The Labute approximate surface area is 141 Å². The molecule has 0 aromatic carbocycles. The van der Waals surface area contributed by atoms with Crippen molar-refractivity contribution in [2.45, 2.75) is 84.8 Å². The maximum atomic E-state index is 8.22. The van der Waals surface area contributed by atoms with Crippen LogP contribution >= 0.6 is 12.0 Å². The summed E-state index contributed by atoms with van der Waals surface area (Å²) in [5.74, 6) is 4.18. The lowest BCUT2D eigenvalue weighted by Crippen LogP contribution is -2.23. The van der Waals surface area contributed by atoms with E-state index in [0.717, 1.165) is 29.6 Å². The highest BCUT2D eigenvalue weighted by Gasteiger charge is 2.27. The summed E-state index contributed by atoms with van der Waals surface area (Å²) in [6, 6.07) is 0. The average molecular weight is 333 g/mol. The van der Waals surface area contributed by atoms with E-state index in [-0.39, 0.29) is 0 Å². The highest BCUT2D eigenvalue weighted by molar-refractivity contribution is 7.95. The van der Waals surface area contributed by atoms with Gasteiger partial charge in [0, 0.05) is 17.3 Å². The van der Waals surface area contributed by atoms with Gasteiger partial charge in [-0.2, -0.15) is 0 Å². The largest absolute Gasteiger partial charge is 0.220 e. The predicted molar refractivity (Wildman–Crippen MR) is 94.3 cm³/mol. The minimum Gasteiger partial charge on any atom is -0.220 e. The fraction of sp³-hybridized carbons (Fsp3) is 1.00. The van der Waals surface area contributed by atoms with Crippen LogP contribution in [0.15, 0.2) is 0 Å². The highest BCUT2D eigenvalue weighted by Crippen LogP contribution is 2.38. The Hall–Kier alpha value is 0.230. The lowest BCUT2D eigenvalue weighted by atomic mass is 9.76. The van der Waals surface area contributed by atoms with Crippen molar-refractivity contribution < 1.29 is 14.6 Å². The number of rotatable bonds is 10. The topological polar surface area (TPSA) is 38.7 Å². The molecule has 0 amide bonds. The molecule has 22 heavy (non-hydrogen) atoms. The van der Waals surface area contributed by atoms with Crippen LogP contribution in [0.3, 0.4) is 0 Å². The Balaban J connectivity index is 2.23. The molecule has 3 atom stereocenters. The number of hydrogen-bond acceptors (Lipinski definition) is 4. The average Bonchev–Trinajstić information content (AvgIpc) is 2.44. The molecule has 1 saturated carbocycles. The van der Waals surface area contributed by atoms with Crippen LogP contribution in [0.2, 0.25) is 0 Å². The van der Waals surface area contributed by atoms with Gasteiger partial charge in [-0.1, -0.05) is 39.7 Å². The minimum atomic E-state index is 0.471. The van der Waals surface area contributed by atoms with Crippen molar-refractivity contribution in [2.24, 2.45) is 29.6 Å². The van der Waals surface area contributed by atoms with E-state index in [0.29, 0.717) is 5.25 Å². The molecule has 1 aliphatic rings. The van der Waals surface area contributed by atoms with Crippen LogP contribution in [0.5, 0.6) is 0 Å². The Morgan fingerprint density at radius 3 is 2.05 bits per heavy atom. The van der Waals surface area contributed by atoms with E-state index in [2.05, 4.69) is 44.0 Å². The van der Waals surface area contributed by atoms with E-state index in [1.165, 1.54) is 57.0 Å². The molecule has 0 spiro atoms. The molecule has 0 heterocycles. The smallest absolute Gasteiger partial charge is 0.0380 e. The molecule has 0 aliphatic heterocycles. The summed E-state index contributed by atoms with van der Waals surface area (Å²) in [4.78, 5) is 0. The van der Waals surface area contributed by atoms with Crippen LogP contribution in [0.25, 0.3) is 0 Å². The van der Waals surface area contributed by atoms with Crippen LogP contribution in [0.1, 0.15) is 79.6 Å². The first kappa shape index (κ1) is 20.3. The summed E-state index contributed by atoms with van der Waals surface area (Å²) in [5.41, 5.74) is 0. The van der Waals surface area contributed by atoms with Crippen molar-refractivity contribution in [2.75, 3.05) is 0 Å². The molecule has 1 fully saturated rings.